The van der Waals surface area contributed by atoms with Crippen molar-refractivity contribution in [2.45, 2.75) is 62.1 Å². The van der Waals surface area contributed by atoms with Crippen LogP contribution in [-0.2, 0) is 11.3 Å². The third-order valence-corrected chi connectivity index (χ3v) is 4.91. The minimum Gasteiger partial charge on any atom is -0.410 e. The Hall–Kier alpha value is -1.08. The largest absolute Gasteiger partial charge is 0.410 e. The number of piperidine rings is 1. The van der Waals surface area contributed by atoms with Crippen LogP contribution in [0.1, 0.15) is 44.9 Å². The van der Waals surface area contributed by atoms with Gasteiger partial charge in [0.2, 0.25) is 5.91 Å². The standard InChI is InChI=1S/C14H22N4O2S/c1-10(13(19)15-11-5-6-11)21-14-17-16-12(20-14)9-18-7-3-2-4-8-18/h10-11H,2-9H2,1H3,(H,15,19)/p+1/t10-/m1/s1. The Labute approximate surface area is 129 Å². The number of nitrogens with one attached hydrogen (secondary N) is 2. The van der Waals surface area contributed by atoms with E-state index in [0.717, 1.165) is 19.4 Å². The van der Waals surface area contributed by atoms with Gasteiger partial charge in [-0.1, -0.05) is 11.8 Å². The summed E-state index contributed by atoms with van der Waals surface area (Å²) >= 11 is 1.34. The van der Waals surface area contributed by atoms with Crippen molar-refractivity contribution in [3.8, 4) is 0 Å². The van der Waals surface area contributed by atoms with Crippen molar-refractivity contribution >= 4 is 17.7 Å². The Bertz CT molecular complexity index is 483. The molecule has 1 atom stereocenters. The van der Waals surface area contributed by atoms with Crippen LogP contribution >= 0.6 is 11.8 Å². The lowest BCUT2D eigenvalue weighted by Gasteiger charge is -2.21. The second kappa shape index (κ2) is 6.79. The normalized spacial score (nSPS) is 21.2. The molecule has 0 radical (unpaired) electrons. The molecule has 1 aromatic heterocycles. The van der Waals surface area contributed by atoms with Crippen LogP contribution in [0.25, 0.3) is 0 Å². The maximum atomic E-state index is 11.9. The number of carbonyl (C=O) groups excluding carboxylic acids is 1. The first-order valence-electron chi connectivity index (χ1n) is 7.83. The molecule has 1 amide bonds. The monoisotopic (exact) mass is 311 g/mol. The highest BCUT2D eigenvalue weighted by atomic mass is 32.2. The summed E-state index contributed by atoms with van der Waals surface area (Å²) in [6.07, 6.45) is 6.11. The molecule has 1 saturated carbocycles. The first-order chi connectivity index (χ1) is 10.2. The fourth-order valence-electron chi connectivity index (χ4n) is 2.55. The Kier molecular flexibility index (Phi) is 4.80. The molecule has 3 rings (SSSR count). The van der Waals surface area contributed by atoms with E-state index in [1.54, 1.807) is 0 Å². The number of hydrogen-bond donors (Lipinski definition) is 2. The number of aromatic nitrogens is 2. The van der Waals surface area contributed by atoms with Crippen molar-refractivity contribution < 1.29 is 14.1 Å². The Morgan fingerprint density at radius 3 is 2.86 bits per heavy atom. The third-order valence-electron chi connectivity index (χ3n) is 3.98. The summed E-state index contributed by atoms with van der Waals surface area (Å²) < 4.78 is 5.67. The second-order valence-electron chi connectivity index (χ2n) is 5.99. The molecule has 2 heterocycles. The zero-order valence-corrected chi connectivity index (χ0v) is 13.2. The minimum absolute atomic E-state index is 0.0592. The van der Waals surface area contributed by atoms with Crippen LogP contribution in [0.2, 0.25) is 0 Å². The first kappa shape index (κ1) is 14.8. The number of thioether (sulfide) groups is 1. The summed E-state index contributed by atoms with van der Waals surface area (Å²) in [5.41, 5.74) is 0. The Balaban J connectivity index is 1.48. The predicted octanol–water partition coefficient (Wildman–Crippen LogP) is 0.398. The molecule has 2 aliphatic rings. The molecule has 116 valence electrons. The molecule has 7 heteroatoms. The highest BCUT2D eigenvalue weighted by Gasteiger charge is 2.27. The molecule has 0 spiro atoms. The molecule has 2 N–H and O–H groups in total. The van der Waals surface area contributed by atoms with E-state index in [9.17, 15) is 4.79 Å². The zero-order valence-electron chi connectivity index (χ0n) is 12.4. The van der Waals surface area contributed by atoms with E-state index in [1.165, 1.54) is 49.0 Å². The predicted molar refractivity (Wildman–Crippen MR) is 79.0 cm³/mol. The smallest absolute Gasteiger partial charge is 0.277 e. The van der Waals surface area contributed by atoms with Crippen molar-refractivity contribution in [3.05, 3.63) is 5.89 Å². The van der Waals surface area contributed by atoms with E-state index in [4.69, 9.17) is 4.42 Å². The fraction of sp³-hybridized carbons (Fsp3) is 0.786. The van der Waals surface area contributed by atoms with Gasteiger partial charge in [-0.15, -0.1) is 10.2 Å². The summed E-state index contributed by atoms with van der Waals surface area (Å²) in [6.45, 7) is 5.05. The van der Waals surface area contributed by atoms with Crippen LogP contribution in [0.5, 0.6) is 0 Å². The van der Waals surface area contributed by atoms with Gasteiger partial charge in [0.1, 0.15) is 0 Å². The maximum Gasteiger partial charge on any atom is 0.277 e. The Morgan fingerprint density at radius 2 is 2.14 bits per heavy atom. The van der Waals surface area contributed by atoms with E-state index in [-0.39, 0.29) is 11.2 Å². The molecule has 0 bridgehead atoms. The lowest BCUT2D eigenvalue weighted by molar-refractivity contribution is -0.919. The van der Waals surface area contributed by atoms with E-state index in [1.807, 2.05) is 6.92 Å². The van der Waals surface area contributed by atoms with Crippen LogP contribution in [0.15, 0.2) is 9.64 Å². The number of likely N-dealkylation sites (tertiary alicyclic amines) is 1. The number of nitrogens with zero attached hydrogens (tertiary/aromatic N) is 2. The van der Waals surface area contributed by atoms with Crippen molar-refractivity contribution in [1.29, 1.82) is 0 Å². The van der Waals surface area contributed by atoms with E-state index < -0.39 is 0 Å². The van der Waals surface area contributed by atoms with Gasteiger partial charge in [0.15, 0.2) is 6.54 Å². The molecule has 2 fully saturated rings. The summed E-state index contributed by atoms with van der Waals surface area (Å²) in [5, 5.41) is 11.5. The zero-order chi connectivity index (χ0) is 14.7. The van der Waals surface area contributed by atoms with Crippen LogP contribution in [0.3, 0.4) is 0 Å². The van der Waals surface area contributed by atoms with Crippen LogP contribution in [-0.4, -0.2) is 40.5 Å². The molecule has 6 nitrogen and oxygen atoms in total. The maximum absolute atomic E-state index is 11.9. The van der Waals surface area contributed by atoms with E-state index in [2.05, 4.69) is 15.5 Å². The van der Waals surface area contributed by atoms with Gasteiger partial charge in [-0.05, 0) is 39.0 Å². The van der Waals surface area contributed by atoms with Gasteiger partial charge < -0.3 is 14.6 Å². The number of quaternary nitrogens is 1. The van der Waals surface area contributed by atoms with Crippen molar-refractivity contribution in [1.82, 2.24) is 15.5 Å². The second-order valence-corrected chi connectivity index (χ2v) is 7.28. The summed E-state index contributed by atoms with van der Waals surface area (Å²) in [6, 6.07) is 0.390. The van der Waals surface area contributed by atoms with Gasteiger partial charge in [0, 0.05) is 6.04 Å². The van der Waals surface area contributed by atoms with Gasteiger partial charge in [-0.25, -0.2) is 0 Å². The van der Waals surface area contributed by atoms with Crippen LogP contribution < -0.4 is 10.2 Å². The third kappa shape index (κ3) is 4.44. The SMILES string of the molecule is C[C@@H](Sc1nnc(C[NH+]2CCCCC2)o1)C(=O)NC1CC1. The minimum atomic E-state index is -0.193. The van der Waals surface area contributed by atoms with Gasteiger partial charge >= 0.3 is 0 Å². The molecule has 21 heavy (non-hydrogen) atoms. The van der Waals surface area contributed by atoms with Crippen LogP contribution in [0, 0.1) is 0 Å². The lowest BCUT2D eigenvalue weighted by Crippen LogP contribution is -3.11. The Morgan fingerprint density at radius 1 is 1.38 bits per heavy atom. The number of carbonyl (C=O) groups is 1. The molecular weight excluding hydrogens is 288 g/mol. The van der Waals surface area contributed by atoms with Gasteiger partial charge in [0.25, 0.3) is 11.1 Å². The number of amides is 1. The summed E-state index contributed by atoms with van der Waals surface area (Å²) in [4.78, 5) is 13.4. The van der Waals surface area contributed by atoms with E-state index in [0.29, 0.717) is 17.2 Å². The summed E-state index contributed by atoms with van der Waals surface area (Å²) in [5.74, 6) is 0.744. The topological polar surface area (TPSA) is 72.5 Å². The average Bonchev–Trinajstić information content (AvgIpc) is 3.19. The average molecular weight is 311 g/mol. The van der Waals surface area contributed by atoms with Crippen molar-refractivity contribution in [2.24, 2.45) is 0 Å². The molecule has 1 aromatic rings. The van der Waals surface area contributed by atoms with Crippen molar-refractivity contribution in [2.75, 3.05) is 13.1 Å². The molecular formula is C14H23N4O2S+. The van der Waals surface area contributed by atoms with Gasteiger partial charge in [0.05, 0.1) is 18.3 Å². The molecule has 1 aliphatic carbocycles. The molecule has 0 unspecified atom stereocenters. The lowest BCUT2D eigenvalue weighted by atomic mass is 10.1. The number of hydrogen-bond acceptors (Lipinski definition) is 5. The van der Waals surface area contributed by atoms with E-state index >= 15 is 0 Å². The molecule has 1 saturated heterocycles. The van der Waals surface area contributed by atoms with Crippen molar-refractivity contribution in [3.63, 3.8) is 0 Å². The van der Waals surface area contributed by atoms with Gasteiger partial charge in [-0.3, -0.25) is 4.79 Å². The molecule has 1 aliphatic heterocycles. The van der Waals surface area contributed by atoms with Crippen LogP contribution in [0.4, 0.5) is 0 Å². The fourth-order valence-corrected chi connectivity index (χ4v) is 3.26. The first-order valence-corrected chi connectivity index (χ1v) is 8.71. The highest BCUT2D eigenvalue weighted by molar-refractivity contribution is 8.00. The quantitative estimate of drug-likeness (QED) is 0.744. The summed E-state index contributed by atoms with van der Waals surface area (Å²) in [7, 11) is 0. The molecule has 0 aromatic carbocycles. The van der Waals surface area contributed by atoms with Gasteiger partial charge in [-0.2, -0.15) is 0 Å². The number of rotatable bonds is 6. The highest BCUT2D eigenvalue weighted by Crippen LogP contribution is 2.24.